The highest BCUT2D eigenvalue weighted by Gasteiger charge is 2.25. The first kappa shape index (κ1) is 11.4. The second-order valence-electron chi connectivity index (χ2n) is 4.86. The van der Waals surface area contributed by atoms with Gasteiger partial charge >= 0.3 is 0 Å². The second kappa shape index (κ2) is 4.53. The third-order valence-electron chi connectivity index (χ3n) is 3.40. The number of aromatic nitrogens is 2. The van der Waals surface area contributed by atoms with E-state index in [1.807, 2.05) is 18.2 Å². The van der Waals surface area contributed by atoms with E-state index in [0.29, 0.717) is 6.04 Å². The predicted molar refractivity (Wildman–Crippen MR) is 71.8 cm³/mol. The molecule has 0 bridgehead atoms. The van der Waals surface area contributed by atoms with Gasteiger partial charge in [-0.2, -0.15) is 0 Å². The van der Waals surface area contributed by atoms with Crippen LogP contribution in [0.4, 0.5) is 5.82 Å². The van der Waals surface area contributed by atoms with E-state index in [1.165, 1.54) is 0 Å². The van der Waals surface area contributed by atoms with E-state index in [4.69, 9.17) is 4.74 Å². The molecule has 0 aliphatic carbocycles. The molecule has 2 aromatic rings. The standard InChI is InChI=1S/C14H17N3O/c1-10-8-18-11(2)7-17(10)14-12-5-3-4-6-13(12)15-9-16-14/h3-6,9-11H,7-8H2,1-2H3. The van der Waals surface area contributed by atoms with Crippen LogP contribution in [0.2, 0.25) is 0 Å². The van der Waals surface area contributed by atoms with Gasteiger partial charge in [0.1, 0.15) is 12.1 Å². The van der Waals surface area contributed by atoms with Crippen molar-refractivity contribution in [3.63, 3.8) is 0 Å². The summed E-state index contributed by atoms with van der Waals surface area (Å²) in [5.41, 5.74) is 0.994. The van der Waals surface area contributed by atoms with Gasteiger partial charge in [-0.05, 0) is 26.0 Å². The van der Waals surface area contributed by atoms with Crippen LogP contribution in [0.3, 0.4) is 0 Å². The molecule has 1 aliphatic heterocycles. The minimum atomic E-state index is 0.245. The first-order valence-electron chi connectivity index (χ1n) is 6.33. The molecule has 18 heavy (non-hydrogen) atoms. The largest absolute Gasteiger partial charge is 0.375 e. The Kier molecular flexibility index (Phi) is 2.88. The summed E-state index contributed by atoms with van der Waals surface area (Å²) < 4.78 is 5.67. The molecule has 94 valence electrons. The van der Waals surface area contributed by atoms with E-state index in [1.54, 1.807) is 6.33 Å². The van der Waals surface area contributed by atoms with Crippen LogP contribution in [0.15, 0.2) is 30.6 Å². The molecule has 0 saturated carbocycles. The Hall–Kier alpha value is -1.68. The Morgan fingerprint density at radius 2 is 2.06 bits per heavy atom. The van der Waals surface area contributed by atoms with Crippen LogP contribution >= 0.6 is 0 Å². The summed E-state index contributed by atoms with van der Waals surface area (Å²) in [7, 11) is 0. The zero-order valence-corrected chi connectivity index (χ0v) is 10.7. The molecular weight excluding hydrogens is 226 g/mol. The van der Waals surface area contributed by atoms with Gasteiger partial charge in [-0.3, -0.25) is 0 Å². The van der Waals surface area contributed by atoms with Gasteiger partial charge in [0.25, 0.3) is 0 Å². The summed E-state index contributed by atoms with van der Waals surface area (Å²) in [4.78, 5) is 11.1. The monoisotopic (exact) mass is 243 g/mol. The van der Waals surface area contributed by atoms with Crippen LogP contribution in [0.25, 0.3) is 10.9 Å². The Morgan fingerprint density at radius 3 is 2.94 bits per heavy atom. The summed E-state index contributed by atoms with van der Waals surface area (Å²) in [6.45, 7) is 5.90. The number of morpholine rings is 1. The minimum Gasteiger partial charge on any atom is -0.375 e. The highest BCUT2D eigenvalue weighted by Crippen LogP contribution is 2.26. The molecule has 1 aromatic carbocycles. The molecular formula is C14H17N3O. The number of hydrogen-bond acceptors (Lipinski definition) is 4. The topological polar surface area (TPSA) is 38.2 Å². The predicted octanol–water partition coefficient (Wildman–Crippen LogP) is 2.24. The molecule has 2 heterocycles. The van der Waals surface area contributed by atoms with E-state index in [2.05, 4.69) is 34.8 Å². The highest BCUT2D eigenvalue weighted by atomic mass is 16.5. The van der Waals surface area contributed by atoms with Crippen LogP contribution < -0.4 is 4.90 Å². The zero-order chi connectivity index (χ0) is 12.5. The number of benzene rings is 1. The van der Waals surface area contributed by atoms with Crippen molar-refractivity contribution in [1.82, 2.24) is 9.97 Å². The Morgan fingerprint density at radius 1 is 1.22 bits per heavy atom. The average molecular weight is 243 g/mol. The van der Waals surface area contributed by atoms with Crippen LogP contribution in [-0.4, -0.2) is 35.3 Å². The minimum absolute atomic E-state index is 0.245. The molecule has 4 nitrogen and oxygen atoms in total. The number of anilines is 1. The molecule has 0 spiro atoms. The summed E-state index contributed by atoms with van der Waals surface area (Å²) in [5, 5.41) is 1.11. The number of rotatable bonds is 1. The van der Waals surface area contributed by atoms with Crippen LogP contribution in [0, 0.1) is 0 Å². The van der Waals surface area contributed by atoms with Crippen molar-refractivity contribution >= 4 is 16.7 Å². The summed E-state index contributed by atoms with van der Waals surface area (Å²) >= 11 is 0. The maximum Gasteiger partial charge on any atom is 0.140 e. The molecule has 4 heteroatoms. The quantitative estimate of drug-likeness (QED) is 0.770. The van der Waals surface area contributed by atoms with Crippen molar-refractivity contribution in [2.45, 2.75) is 26.0 Å². The average Bonchev–Trinajstić information content (AvgIpc) is 2.41. The van der Waals surface area contributed by atoms with Gasteiger partial charge in [0.05, 0.1) is 24.3 Å². The van der Waals surface area contributed by atoms with E-state index in [9.17, 15) is 0 Å². The van der Waals surface area contributed by atoms with E-state index in [0.717, 1.165) is 29.9 Å². The maximum atomic E-state index is 5.67. The van der Waals surface area contributed by atoms with Crippen LogP contribution in [0.1, 0.15) is 13.8 Å². The first-order valence-corrected chi connectivity index (χ1v) is 6.33. The Bertz CT molecular complexity index is 552. The fourth-order valence-electron chi connectivity index (χ4n) is 2.42. The molecule has 2 atom stereocenters. The van der Waals surface area contributed by atoms with Gasteiger partial charge in [-0.15, -0.1) is 0 Å². The van der Waals surface area contributed by atoms with Gasteiger partial charge in [0.15, 0.2) is 0 Å². The number of ether oxygens (including phenoxy) is 1. The Labute approximate surface area is 107 Å². The molecule has 3 rings (SSSR count). The van der Waals surface area contributed by atoms with Crippen molar-refractivity contribution in [1.29, 1.82) is 0 Å². The van der Waals surface area contributed by atoms with Crippen molar-refractivity contribution in [2.75, 3.05) is 18.1 Å². The number of nitrogens with zero attached hydrogens (tertiary/aromatic N) is 3. The Balaban J connectivity index is 2.07. The zero-order valence-electron chi connectivity index (χ0n) is 10.7. The second-order valence-corrected chi connectivity index (χ2v) is 4.86. The lowest BCUT2D eigenvalue weighted by molar-refractivity contribution is 0.0341. The summed E-state index contributed by atoms with van der Waals surface area (Å²) in [6, 6.07) is 8.49. The summed E-state index contributed by atoms with van der Waals surface area (Å²) in [6.07, 6.45) is 1.89. The lowest BCUT2D eigenvalue weighted by Gasteiger charge is -2.38. The van der Waals surface area contributed by atoms with Crippen molar-refractivity contribution in [2.24, 2.45) is 0 Å². The van der Waals surface area contributed by atoms with E-state index < -0.39 is 0 Å². The van der Waals surface area contributed by atoms with E-state index >= 15 is 0 Å². The lowest BCUT2D eigenvalue weighted by atomic mass is 10.1. The normalized spacial score (nSPS) is 24.4. The molecule has 1 aromatic heterocycles. The van der Waals surface area contributed by atoms with Gasteiger partial charge in [0.2, 0.25) is 0 Å². The SMILES string of the molecule is CC1CN(c2ncnc3ccccc23)C(C)CO1. The number of fused-ring (bicyclic) bond motifs is 1. The van der Waals surface area contributed by atoms with Gasteiger partial charge < -0.3 is 9.64 Å². The highest BCUT2D eigenvalue weighted by molar-refractivity contribution is 5.89. The van der Waals surface area contributed by atoms with Crippen LogP contribution in [0.5, 0.6) is 0 Å². The number of para-hydroxylation sites is 1. The molecule has 1 saturated heterocycles. The van der Waals surface area contributed by atoms with Gasteiger partial charge in [-0.25, -0.2) is 9.97 Å². The van der Waals surface area contributed by atoms with Crippen molar-refractivity contribution in [3.8, 4) is 0 Å². The lowest BCUT2D eigenvalue weighted by Crippen LogP contribution is -2.47. The van der Waals surface area contributed by atoms with E-state index in [-0.39, 0.29) is 6.10 Å². The molecule has 0 radical (unpaired) electrons. The van der Waals surface area contributed by atoms with Crippen LogP contribution in [-0.2, 0) is 4.74 Å². The molecule has 1 fully saturated rings. The third-order valence-corrected chi connectivity index (χ3v) is 3.40. The van der Waals surface area contributed by atoms with Gasteiger partial charge in [-0.1, -0.05) is 12.1 Å². The van der Waals surface area contributed by atoms with Gasteiger partial charge in [0, 0.05) is 11.9 Å². The summed E-state index contributed by atoms with van der Waals surface area (Å²) in [5.74, 6) is 1.02. The first-order chi connectivity index (χ1) is 8.75. The molecule has 0 N–H and O–H groups in total. The molecule has 2 unspecified atom stereocenters. The smallest absolute Gasteiger partial charge is 0.140 e. The van der Waals surface area contributed by atoms with Crippen molar-refractivity contribution in [3.05, 3.63) is 30.6 Å². The third kappa shape index (κ3) is 1.93. The fraction of sp³-hybridized carbons (Fsp3) is 0.429. The van der Waals surface area contributed by atoms with Crippen molar-refractivity contribution < 1.29 is 4.74 Å². The molecule has 1 aliphatic rings. The molecule has 0 amide bonds. The number of hydrogen-bond donors (Lipinski definition) is 0. The maximum absolute atomic E-state index is 5.67. The fourth-order valence-corrected chi connectivity index (χ4v) is 2.42.